The van der Waals surface area contributed by atoms with Crippen molar-refractivity contribution in [3.8, 4) is 17.9 Å². The smallest absolute Gasteiger partial charge is 0.416 e. The van der Waals surface area contributed by atoms with Crippen molar-refractivity contribution in [2.45, 2.75) is 12.6 Å². The van der Waals surface area contributed by atoms with E-state index in [-0.39, 0.29) is 17.5 Å². The SMILES string of the molecule is COC(=O)CC#Cc1ccc(C(F)(F)F)cc1C#N. The van der Waals surface area contributed by atoms with E-state index >= 15 is 0 Å². The number of esters is 1. The second-order valence-corrected chi connectivity index (χ2v) is 3.42. The number of ether oxygens (including phenoxy) is 1. The van der Waals surface area contributed by atoms with Crippen LogP contribution in [0.1, 0.15) is 23.1 Å². The van der Waals surface area contributed by atoms with Gasteiger partial charge in [0.1, 0.15) is 12.5 Å². The minimum absolute atomic E-state index is 0.138. The molecule has 0 spiro atoms. The molecule has 1 rings (SSSR count). The van der Waals surface area contributed by atoms with E-state index in [1.54, 1.807) is 6.07 Å². The summed E-state index contributed by atoms with van der Waals surface area (Å²) in [6.07, 6.45) is -4.70. The number of nitrogens with zero attached hydrogens (tertiary/aromatic N) is 1. The molecule has 0 amide bonds. The van der Waals surface area contributed by atoms with E-state index in [4.69, 9.17) is 5.26 Å². The van der Waals surface area contributed by atoms with E-state index in [0.29, 0.717) is 0 Å². The topological polar surface area (TPSA) is 50.1 Å². The third kappa shape index (κ3) is 4.04. The number of carbonyl (C=O) groups excluding carboxylic acids is 1. The Bertz CT molecular complexity index is 589. The number of methoxy groups -OCH3 is 1. The summed E-state index contributed by atoms with van der Waals surface area (Å²) >= 11 is 0. The number of benzene rings is 1. The summed E-state index contributed by atoms with van der Waals surface area (Å²) in [4.78, 5) is 10.8. The number of hydrogen-bond donors (Lipinski definition) is 0. The molecule has 3 nitrogen and oxygen atoms in total. The molecule has 1 aromatic carbocycles. The lowest BCUT2D eigenvalue weighted by Gasteiger charge is -2.06. The Hall–Kier alpha value is -2.47. The lowest BCUT2D eigenvalue weighted by molar-refractivity contribution is -0.139. The number of rotatable bonds is 1. The summed E-state index contributed by atoms with van der Waals surface area (Å²) in [5, 5.41) is 8.79. The zero-order valence-corrected chi connectivity index (χ0v) is 9.84. The van der Waals surface area contributed by atoms with Crippen LogP contribution in [0.5, 0.6) is 0 Å². The van der Waals surface area contributed by atoms with Crippen LogP contribution < -0.4 is 0 Å². The van der Waals surface area contributed by atoms with Gasteiger partial charge in [-0.3, -0.25) is 4.79 Å². The van der Waals surface area contributed by atoms with E-state index in [0.717, 1.165) is 18.2 Å². The number of halogens is 3. The first kappa shape index (κ1) is 14.6. The highest BCUT2D eigenvalue weighted by Crippen LogP contribution is 2.30. The average Bonchev–Trinajstić information content (AvgIpc) is 2.37. The van der Waals surface area contributed by atoms with Gasteiger partial charge in [0.2, 0.25) is 0 Å². The van der Waals surface area contributed by atoms with Crippen LogP contribution in [0.3, 0.4) is 0 Å². The van der Waals surface area contributed by atoms with Gasteiger partial charge in [0, 0.05) is 5.56 Å². The molecule has 0 heterocycles. The molecule has 0 bridgehead atoms. The fourth-order valence-corrected chi connectivity index (χ4v) is 1.21. The fourth-order valence-electron chi connectivity index (χ4n) is 1.21. The highest BCUT2D eigenvalue weighted by Gasteiger charge is 2.30. The Morgan fingerprint density at radius 1 is 1.37 bits per heavy atom. The van der Waals surface area contributed by atoms with E-state index in [1.807, 2.05) is 0 Å². The van der Waals surface area contributed by atoms with Gasteiger partial charge in [-0.1, -0.05) is 11.8 Å². The van der Waals surface area contributed by atoms with Crippen molar-refractivity contribution in [2.75, 3.05) is 7.11 Å². The summed E-state index contributed by atoms with van der Waals surface area (Å²) in [7, 11) is 1.20. The monoisotopic (exact) mass is 267 g/mol. The maximum Gasteiger partial charge on any atom is 0.416 e. The van der Waals surface area contributed by atoms with Crippen molar-refractivity contribution in [3.05, 3.63) is 34.9 Å². The summed E-state index contributed by atoms with van der Waals surface area (Å²) in [5.41, 5.74) is -0.964. The summed E-state index contributed by atoms with van der Waals surface area (Å²) in [5.74, 6) is 4.34. The van der Waals surface area contributed by atoms with Crippen molar-refractivity contribution < 1.29 is 22.7 Å². The summed E-state index contributed by atoms with van der Waals surface area (Å²) < 4.78 is 41.7. The molecule has 98 valence electrons. The Labute approximate surface area is 107 Å². The van der Waals surface area contributed by atoms with Crippen molar-refractivity contribution in [1.82, 2.24) is 0 Å². The Balaban J connectivity index is 3.05. The molecule has 0 fully saturated rings. The fraction of sp³-hybridized carbons (Fsp3) is 0.231. The molecule has 1 aromatic rings. The molecule has 0 radical (unpaired) electrons. The standard InChI is InChI=1S/C13H8F3NO2/c1-19-12(18)4-2-3-9-5-6-11(13(14,15)16)7-10(9)8-17/h5-7H,4H2,1H3. The molecule has 0 saturated heterocycles. The van der Waals surface area contributed by atoms with Crippen LogP contribution in [0.25, 0.3) is 0 Å². The maximum atomic E-state index is 12.4. The zero-order valence-electron chi connectivity index (χ0n) is 9.84. The third-order valence-electron chi connectivity index (χ3n) is 2.15. The van der Waals surface area contributed by atoms with E-state index in [2.05, 4.69) is 16.6 Å². The molecule has 0 aliphatic heterocycles. The summed E-state index contributed by atoms with van der Waals surface area (Å²) in [6, 6.07) is 4.31. The third-order valence-corrected chi connectivity index (χ3v) is 2.15. The van der Waals surface area contributed by atoms with Gasteiger partial charge in [-0.25, -0.2) is 0 Å². The number of hydrogen-bond acceptors (Lipinski definition) is 3. The highest BCUT2D eigenvalue weighted by atomic mass is 19.4. The van der Waals surface area contributed by atoms with Crippen molar-refractivity contribution in [3.63, 3.8) is 0 Å². The predicted octanol–water partition coefficient (Wildman–Crippen LogP) is 2.49. The first-order chi connectivity index (χ1) is 8.88. The van der Waals surface area contributed by atoms with Crippen molar-refractivity contribution >= 4 is 5.97 Å². The lowest BCUT2D eigenvalue weighted by atomic mass is 10.0. The molecular weight excluding hydrogens is 259 g/mol. The van der Waals surface area contributed by atoms with Gasteiger partial charge in [-0.15, -0.1) is 0 Å². The van der Waals surface area contributed by atoms with Gasteiger partial charge >= 0.3 is 12.1 Å². The van der Waals surface area contributed by atoms with E-state index < -0.39 is 17.7 Å². The average molecular weight is 267 g/mol. The molecule has 19 heavy (non-hydrogen) atoms. The molecule has 0 aliphatic rings. The largest absolute Gasteiger partial charge is 0.468 e. The normalized spacial score (nSPS) is 10.1. The predicted molar refractivity (Wildman–Crippen MR) is 59.7 cm³/mol. The molecule has 0 aliphatic carbocycles. The first-order valence-electron chi connectivity index (χ1n) is 5.05. The van der Waals surface area contributed by atoms with Gasteiger partial charge in [0.15, 0.2) is 0 Å². The number of carbonyl (C=O) groups is 1. The van der Waals surface area contributed by atoms with Crippen LogP contribution in [0, 0.1) is 23.2 Å². The van der Waals surface area contributed by atoms with E-state index in [9.17, 15) is 18.0 Å². The van der Waals surface area contributed by atoms with Gasteiger partial charge in [-0.05, 0) is 18.2 Å². The second kappa shape index (κ2) is 5.92. The van der Waals surface area contributed by atoms with Crippen LogP contribution in [0.2, 0.25) is 0 Å². The van der Waals surface area contributed by atoms with Crippen molar-refractivity contribution in [1.29, 1.82) is 5.26 Å². The molecule has 0 N–H and O–H groups in total. The van der Waals surface area contributed by atoms with Crippen molar-refractivity contribution in [2.24, 2.45) is 0 Å². The molecule has 0 atom stereocenters. The maximum absolute atomic E-state index is 12.4. The highest BCUT2D eigenvalue weighted by molar-refractivity contribution is 5.72. The first-order valence-corrected chi connectivity index (χ1v) is 5.05. The zero-order chi connectivity index (χ0) is 14.5. The molecule has 0 unspecified atom stereocenters. The van der Waals surface area contributed by atoms with Crippen LogP contribution in [0.4, 0.5) is 13.2 Å². The van der Waals surface area contributed by atoms with Gasteiger partial charge < -0.3 is 4.74 Å². The molecule has 0 aromatic heterocycles. The van der Waals surface area contributed by atoms with Gasteiger partial charge in [-0.2, -0.15) is 18.4 Å². The van der Waals surface area contributed by atoms with E-state index in [1.165, 1.54) is 7.11 Å². The Morgan fingerprint density at radius 2 is 2.05 bits per heavy atom. The quantitative estimate of drug-likeness (QED) is 0.580. The number of nitriles is 1. The van der Waals surface area contributed by atoms with Crippen LogP contribution in [-0.2, 0) is 15.7 Å². The Kier molecular flexibility index (Phi) is 4.55. The Morgan fingerprint density at radius 3 is 2.58 bits per heavy atom. The van der Waals surface area contributed by atoms with Crippen LogP contribution in [-0.4, -0.2) is 13.1 Å². The van der Waals surface area contributed by atoms with Gasteiger partial charge in [0.25, 0.3) is 0 Å². The van der Waals surface area contributed by atoms with Crippen LogP contribution in [0.15, 0.2) is 18.2 Å². The second-order valence-electron chi connectivity index (χ2n) is 3.42. The summed E-state index contributed by atoms with van der Waals surface area (Å²) in [6.45, 7) is 0. The lowest BCUT2D eigenvalue weighted by Crippen LogP contribution is -2.05. The molecule has 6 heteroatoms. The molecular formula is C13H8F3NO2. The van der Waals surface area contributed by atoms with Gasteiger partial charge in [0.05, 0.1) is 18.2 Å². The van der Waals surface area contributed by atoms with Crippen LogP contribution >= 0.6 is 0 Å². The number of alkyl halides is 3. The minimum atomic E-state index is -4.51. The minimum Gasteiger partial charge on any atom is -0.468 e. The molecule has 0 saturated carbocycles.